The lowest BCUT2D eigenvalue weighted by Gasteiger charge is -2.41. The molecule has 23 heavy (non-hydrogen) atoms. The van der Waals surface area contributed by atoms with Gasteiger partial charge < -0.3 is 14.7 Å². The number of carbonyl (C=O) groups excluding carboxylic acids is 1. The number of halogens is 1. The van der Waals surface area contributed by atoms with E-state index in [0.717, 1.165) is 25.0 Å². The van der Waals surface area contributed by atoms with Gasteiger partial charge in [-0.15, -0.1) is 0 Å². The molecule has 0 bridgehead atoms. The number of carbonyl (C=O) groups is 1. The SMILES string of the molecule is C[C@@H]1OCCC[C@H]1C(=O)N1CCC(O)(c2ccccc2Cl)CC1. The predicted octanol–water partition coefficient (Wildman–Crippen LogP) is 2.97. The van der Waals surface area contributed by atoms with Gasteiger partial charge in [0.05, 0.1) is 17.6 Å². The number of nitrogens with zero attached hydrogens (tertiary/aromatic N) is 1. The van der Waals surface area contributed by atoms with Gasteiger partial charge in [-0.1, -0.05) is 29.8 Å². The van der Waals surface area contributed by atoms with Gasteiger partial charge in [-0.05, 0) is 38.7 Å². The number of amides is 1. The van der Waals surface area contributed by atoms with Crippen LogP contribution in [0.4, 0.5) is 0 Å². The highest BCUT2D eigenvalue weighted by molar-refractivity contribution is 6.31. The average Bonchev–Trinajstić information content (AvgIpc) is 2.56. The van der Waals surface area contributed by atoms with Crippen LogP contribution in [0.1, 0.15) is 38.2 Å². The zero-order valence-electron chi connectivity index (χ0n) is 13.5. The minimum absolute atomic E-state index is 0.0133. The molecule has 0 unspecified atom stereocenters. The second-order valence-electron chi connectivity index (χ2n) is 6.66. The molecule has 0 saturated carbocycles. The number of hydrogen-bond donors (Lipinski definition) is 1. The highest BCUT2D eigenvalue weighted by Gasteiger charge is 2.39. The summed E-state index contributed by atoms with van der Waals surface area (Å²) in [6.45, 7) is 3.84. The molecule has 0 spiro atoms. The van der Waals surface area contributed by atoms with Crippen molar-refractivity contribution >= 4 is 17.5 Å². The van der Waals surface area contributed by atoms with Crippen LogP contribution in [0.15, 0.2) is 24.3 Å². The van der Waals surface area contributed by atoms with Crippen molar-refractivity contribution in [2.24, 2.45) is 5.92 Å². The fourth-order valence-electron chi connectivity index (χ4n) is 3.69. The van der Waals surface area contributed by atoms with E-state index >= 15 is 0 Å². The summed E-state index contributed by atoms with van der Waals surface area (Å²) >= 11 is 6.23. The molecule has 2 aliphatic heterocycles. The Morgan fingerprint density at radius 3 is 2.70 bits per heavy atom. The molecule has 2 saturated heterocycles. The Morgan fingerprint density at radius 2 is 2.04 bits per heavy atom. The minimum Gasteiger partial charge on any atom is -0.385 e. The third kappa shape index (κ3) is 3.39. The van der Waals surface area contributed by atoms with Crippen LogP contribution < -0.4 is 0 Å². The first-order chi connectivity index (χ1) is 11.0. The maximum absolute atomic E-state index is 12.7. The quantitative estimate of drug-likeness (QED) is 0.902. The zero-order chi connectivity index (χ0) is 16.4. The lowest BCUT2D eigenvalue weighted by Crippen LogP contribution is -2.49. The molecular weight excluding hydrogens is 314 g/mol. The Labute approximate surface area is 142 Å². The fraction of sp³-hybridized carbons (Fsp3) is 0.611. The third-order valence-corrected chi connectivity index (χ3v) is 5.53. The van der Waals surface area contributed by atoms with E-state index in [1.807, 2.05) is 30.0 Å². The molecule has 1 N–H and O–H groups in total. The molecule has 3 rings (SSSR count). The second-order valence-corrected chi connectivity index (χ2v) is 7.07. The van der Waals surface area contributed by atoms with Crippen molar-refractivity contribution in [3.63, 3.8) is 0 Å². The van der Waals surface area contributed by atoms with E-state index in [-0.39, 0.29) is 17.9 Å². The molecule has 1 aromatic rings. The van der Waals surface area contributed by atoms with E-state index in [2.05, 4.69) is 0 Å². The molecule has 5 heteroatoms. The normalized spacial score (nSPS) is 27.7. The van der Waals surface area contributed by atoms with Crippen LogP contribution in [0.3, 0.4) is 0 Å². The van der Waals surface area contributed by atoms with E-state index in [0.29, 0.717) is 31.0 Å². The lowest BCUT2D eigenvalue weighted by molar-refractivity contribution is -0.148. The lowest BCUT2D eigenvalue weighted by atomic mass is 9.83. The molecule has 2 aliphatic rings. The van der Waals surface area contributed by atoms with Crippen LogP contribution in [0.25, 0.3) is 0 Å². The Bertz CT molecular complexity index is 569. The Morgan fingerprint density at radius 1 is 1.35 bits per heavy atom. The van der Waals surface area contributed by atoms with Crippen molar-refractivity contribution in [2.45, 2.75) is 44.3 Å². The summed E-state index contributed by atoms with van der Waals surface area (Å²) in [5.74, 6) is 0.119. The second kappa shape index (κ2) is 6.80. The van der Waals surface area contributed by atoms with Crippen LogP contribution in [-0.2, 0) is 15.1 Å². The highest BCUT2D eigenvalue weighted by atomic mass is 35.5. The number of ether oxygens (including phenoxy) is 1. The van der Waals surface area contributed by atoms with Crippen LogP contribution in [0.5, 0.6) is 0 Å². The highest BCUT2D eigenvalue weighted by Crippen LogP contribution is 2.37. The molecule has 1 amide bonds. The van der Waals surface area contributed by atoms with Gasteiger partial charge in [0.1, 0.15) is 0 Å². The number of hydrogen-bond acceptors (Lipinski definition) is 3. The number of piperidine rings is 1. The van der Waals surface area contributed by atoms with Gasteiger partial charge in [-0.2, -0.15) is 0 Å². The van der Waals surface area contributed by atoms with Gasteiger partial charge in [-0.25, -0.2) is 0 Å². The predicted molar refractivity (Wildman–Crippen MR) is 89.3 cm³/mol. The third-order valence-electron chi connectivity index (χ3n) is 5.20. The smallest absolute Gasteiger partial charge is 0.228 e. The number of likely N-dealkylation sites (tertiary alicyclic amines) is 1. The summed E-state index contributed by atoms with van der Waals surface area (Å²) in [6, 6.07) is 7.42. The molecule has 4 nitrogen and oxygen atoms in total. The van der Waals surface area contributed by atoms with Gasteiger partial charge in [0.25, 0.3) is 0 Å². The van der Waals surface area contributed by atoms with Gasteiger partial charge in [0.2, 0.25) is 5.91 Å². The van der Waals surface area contributed by atoms with E-state index in [1.54, 1.807) is 6.07 Å². The van der Waals surface area contributed by atoms with Crippen LogP contribution >= 0.6 is 11.6 Å². The van der Waals surface area contributed by atoms with Crippen molar-refractivity contribution < 1.29 is 14.6 Å². The van der Waals surface area contributed by atoms with E-state index in [4.69, 9.17) is 16.3 Å². The molecule has 2 heterocycles. The maximum Gasteiger partial charge on any atom is 0.228 e. The molecule has 1 aromatic carbocycles. The molecule has 2 fully saturated rings. The largest absolute Gasteiger partial charge is 0.385 e. The van der Waals surface area contributed by atoms with Crippen molar-refractivity contribution in [3.05, 3.63) is 34.9 Å². The standard InChI is InChI=1S/C18H24ClNO3/c1-13-14(5-4-12-23-13)17(21)20-10-8-18(22,9-11-20)15-6-2-3-7-16(15)19/h2-3,6-7,13-14,22H,4-5,8-12H2,1H3/t13-,14+/m0/s1. The number of benzene rings is 1. The minimum atomic E-state index is -0.941. The first-order valence-electron chi connectivity index (χ1n) is 8.39. The van der Waals surface area contributed by atoms with E-state index in [9.17, 15) is 9.90 Å². The van der Waals surface area contributed by atoms with Crippen LogP contribution in [-0.4, -0.2) is 41.7 Å². The van der Waals surface area contributed by atoms with Crippen molar-refractivity contribution in [1.82, 2.24) is 4.90 Å². The first kappa shape index (κ1) is 16.7. The molecular formula is C18H24ClNO3. The van der Waals surface area contributed by atoms with Gasteiger partial charge in [-0.3, -0.25) is 4.79 Å². The van der Waals surface area contributed by atoms with E-state index < -0.39 is 5.60 Å². The van der Waals surface area contributed by atoms with Crippen LogP contribution in [0, 0.1) is 5.92 Å². The monoisotopic (exact) mass is 337 g/mol. The Hall–Kier alpha value is -1.10. The number of aliphatic hydroxyl groups is 1. The Balaban J connectivity index is 1.66. The summed E-state index contributed by atoms with van der Waals surface area (Å²) in [7, 11) is 0. The molecule has 126 valence electrons. The topological polar surface area (TPSA) is 49.8 Å². The summed E-state index contributed by atoms with van der Waals surface area (Å²) in [5, 5.41) is 11.5. The summed E-state index contributed by atoms with van der Waals surface area (Å²) < 4.78 is 5.61. The molecule has 0 aliphatic carbocycles. The zero-order valence-corrected chi connectivity index (χ0v) is 14.3. The molecule has 2 atom stereocenters. The summed E-state index contributed by atoms with van der Waals surface area (Å²) in [4.78, 5) is 14.6. The molecule has 0 radical (unpaired) electrons. The van der Waals surface area contributed by atoms with Crippen molar-refractivity contribution in [2.75, 3.05) is 19.7 Å². The van der Waals surface area contributed by atoms with Crippen molar-refractivity contribution in [1.29, 1.82) is 0 Å². The van der Waals surface area contributed by atoms with Crippen LogP contribution in [0.2, 0.25) is 5.02 Å². The Kier molecular flexibility index (Phi) is 4.95. The molecule has 0 aromatic heterocycles. The maximum atomic E-state index is 12.7. The fourth-order valence-corrected chi connectivity index (χ4v) is 4.00. The van der Waals surface area contributed by atoms with E-state index in [1.165, 1.54) is 0 Å². The average molecular weight is 338 g/mol. The van der Waals surface area contributed by atoms with Gasteiger partial charge >= 0.3 is 0 Å². The van der Waals surface area contributed by atoms with Crippen molar-refractivity contribution in [3.8, 4) is 0 Å². The van der Waals surface area contributed by atoms with Gasteiger partial charge in [0.15, 0.2) is 0 Å². The summed E-state index contributed by atoms with van der Waals surface area (Å²) in [6.07, 6.45) is 2.86. The first-order valence-corrected chi connectivity index (χ1v) is 8.77. The number of rotatable bonds is 2. The van der Waals surface area contributed by atoms with Gasteiger partial charge in [0, 0.05) is 30.3 Å². The summed E-state index contributed by atoms with van der Waals surface area (Å²) in [5.41, 5.74) is -0.174.